The van der Waals surface area contributed by atoms with Crippen LogP contribution in [0.3, 0.4) is 0 Å². The molecule has 31 heavy (non-hydrogen) atoms. The van der Waals surface area contributed by atoms with Crippen molar-refractivity contribution in [2.24, 2.45) is 11.5 Å². The van der Waals surface area contributed by atoms with Crippen molar-refractivity contribution in [3.05, 3.63) is 0 Å². The van der Waals surface area contributed by atoms with Crippen molar-refractivity contribution >= 4 is 35.6 Å². The molecule has 0 spiro atoms. The summed E-state index contributed by atoms with van der Waals surface area (Å²) in [6.45, 7) is 1.26. The maximum atomic E-state index is 12.9. The van der Waals surface area contributed by atoms with Crippen molar-refractivity contribution in [3.8, 4) is 0 Å². The van der Waals surface area contributed by atoms with Crippen LogP contribution in [0, 0.1) is 0 Å². The number of aliphatic hydroxyl groups is 1. The van der Waals surface area contributed by atoms with Crippen molar-refractivity contribution < 1.29 is 44.1 Å². The third-order valence-corrected chi connectivity index (χ3v) is 4.64. The number of hydrogen-bond acceptors (Lipinski definition) is 8. The Bertz CT molecular complexity index is 742. The fraction of sp³-hybridized carbons (Fsp3) is 0.647. The van der Waals surface area contributed by atoms with E-state index in [0.29, 0.717) is 6.42 Å². The summed E-state index contributed by atoms with van der Waals surface area (Å²) in [5.74, 6) is -6.41. The number of nitrogens with two attached hydrogens (primary N) is 2. The van der Waals surface area contributed by atoms with E-state index in [9.17, 15) is 33.9 Å². The van der Waals surface area contributed by atoms with E-state index in [1.165, 1.54) is 6.92 Å². The average Bonchev–Trinajstić information content (AvgIpc) is 3.13. The van der Waals surface area contributed by atoms with Crippen LogP contribution in [0.1, 0.15) is 32.6 Å². The number of primary amides is 1. The highest BCUT2D eigenvalue weighted by molar-refractivity contribution is 5.97. The van der Waals surface area contributed by atoms with Crippen molar-refractivity contribution in [3.63, 3.8) is 0 Å². The van der Waals surface area contributed by atoms with E-state index < -0.39 is 78.7 Å². The van der Waals surface area contributed by atoms with Crippen LogP contribution in [0.5, 0.6) is 0 Å². The summed E-state index contributed by atoms with van der Waals surface area (Å²) in [5.41, 5.74) is 10.6. The molecule has 1 rings (SSSR count). The molecule has 4 amide bonds. The number of aliphatic carboxylic acids is 2. The van der Waals surface area contributed by atoms with Gasteiger partial charge in [-0.15, -0.1) is 0 Å². The molecular weight excluding hydrogens is 418 g/mol. The second-order valence-corrected chi connectivity index (χ2v) is 7.19. The van der Waals surface area contributed by atoms with E-state index in [1.807, 2.05) is 0 Å². The Kier molecular flexibility index (Phi) is 9.33. The number of likely N-dealkylation sites (tertiary alicyclic amines) is 1. The first-order chi connectivity index (χ1) is 14.3. The standard InChI is InChI=1S/C17H27N5O9/c1-7(23)13(17(30)31)21-15(28)10-3-2-4-22(10)16(29)9(6-11(19)24)20-14(27)8(18)5-12(25)26/h7-10,13,23H,2-6,18H2,1H3,(H2,19,24)(H,20,27)(H,21,28)(H,25,26)(H,30,31). The average molecular weight is 445 g/mol. The Morgan fingerprint density at radius 3 is 2.19 bits per heavy atom. The number of rotatable bonds is 11. The Labute approximate surface area is 176 Å². The van der Waals surface area contributed by atoms with Gasteiger partial charge in [0.2, 0.25) is 23.6 Å². The zero-order chi connectivity index (χ0) is 23.9. The number of carboxylic acid groups (broad SMARTS) is 2. The first-order valence-corrected chi connectivity index (χ1v) is 9.42. The molecule has 0 aromatic carbocycles. The number of amides is 4. The van der Waals surface area contributed by atoms with Gasteiger partial charge in [0, 0.05) is 6.54 Å². The van der Waals surface area contributed by atoms with Crippen LogP contribution >= 0.6 is 0 Å². The van der Waals surface area contributed by atoms with Crippen molar-refractivity contribution in [2.75, 3.05) is 6.54 Å². The zero-order valence-corrected chi connectivity index (χ0v) is 16.8. The van der Waals surface area contributed by atoms with Gasteiger partial charge in [0.1, 0.15) is 12.1 Å². The minimum absolute atomic E-state index is 0.0790. The van der Waals surface area contributed by atoms with Gasteiger partial charge >= 0.3 is 11.9 Å². The quantitative estimate of drug-likeness (QED) is 0.163. The lowest BCUT2D eigenvalue weighted by Crippen LogP contribution is -2.58. The Hall–Kier alpha value is -3.26. The summed E-state index contributed by atoms with van der Waals surface area (Å²) in [5, 5.41) is 31.7. The van der Waals surface area contributed by atoms with Gasteiger partial charge < -0.3 is 42.3 Å². The van der Waals surface area contributed by atoms with Gasteiger partial charge in [0.05, 0.1) is 25.0 Å². The molecule has 174 valence electrons. The van der Waals surface area contributed by atoms with E-state index in [0.717, 1.165) is 4.90 Å². The summed E-state index contributed by atoms with van der Waals surface area (Å²) >= 11 is 0. The van der Waals surface area contributed by atoms with Gasteiger partial charge in [-0.3, -0.25) is 24.0 Å². The molecule has 1 saturated heterocycles. The summed E-state index contributed by atoms with van der Waals surface area (Å²) in [7, 11) is 0. The molecule has 14 heteroatoms. The largest absolute Gasteiger partial charge is 0.481 e. The predicted octanol–water partition coefficient (Wildman–Crippen LogP) is -3.91. The molecule has 0 saturated carbocycles. The fourth-order valence-electron chi connectivity index (χ4n) is 3.10. The van der Waals surface area contributed by atoms with E-state index in [-0.39, 0.29) is 13.0 Å². The molecule has 0 radical (unpaired) electrons. The maximum absolute atomic E-state index is 12.9. The second-order valence-electron chi connectivity index (χ2n) is 7.19. The Balaban J connectivity index is 2.97. The molecule has 0 aliphatic carbocycles. The Morgan fingerprint density at radius 2 is 1.71 bits per heavy atom. The van der Waals surface area contributed by atoms with E-state index >= 15 is 0 Å². The normalized spacial score (nSPS) is 19.6. The van der Waals surface area contributed by atoms with E-state index in [2.05, 4.69) is 10.6 Å². The summed E-state index contributed by atoms with van der Waals surface area (Å²) < 4.78 is 0. The summed E-state index contributed by atoms with van der Waals surface area (Å²) in [4.78, 5) is 71.9. The summed E-state index contributed by atoms with van der Waals surface area (Å²) in [6.07, 6.45) is -2.18. The van der Waals surface area contributed by atoms with Gasteiger partial charge in [-0.2, -0.15) is 0 Å². The van der Waals surface area contributed by atoms with Crippen LogP contribution in [0.4, 0.5) is 0 Å². The van der Waals surface area contributed by atoms with Crippen LogP contribution in [-0.2, 0) is 28.8 Å². The fourth-order valence-corrected chi connectivity index (χ4v) is 3.10. The molecule has 5 atom stereocenters. The van der Waals surface area contributed by atoms with E-state index in [1.54, 1.807) is 0 Å². The van der Waals surface area contributed by atoms with Crippen LogP contribution in [-0.4, -0.2) is 92.6 Å². The number of aliphatic hydroxyl groups excluding tert-OH is 1. The number of nitrogens with zero attached hydrogens (tertiary/aromatic N) is 1. The molecule has 14 nitrogen and oxygen atoms in total. The lowest BCUT2D eigenvalue weighted by Gasteiger charge is -2.29. The molecule has 1 fully saturated rings. The maximum Gasteiger partial charge on any atom is 0.328 e. The summed E-state index contributed by atoms with van der Waals surface area (Å²) in [6, 6.07) is -5.68. The van der Waals surface area contributed by atoms with Crippen LogP contribution in [0.2, 0.25) is 0 Å². The van der Waals surface area contributed by atoms with Gasteiger partial charge in [0.15, 0.2) is 6.04 Å². The molecule has 0 aromatic rings. The van der Waals surface area contributed by atoms with Crippen molar-refractivity contribution in [1.29, 1.82) is 0 Å². The van der Waals surface area contributed by atoms with Crippen molar-refractivity contribution in [1.82, 2.24) is 15.5 Å². The lowest BCUT2D eigenvalue weighted by molar-refractivity contribution is -0.147. The molecule has 1 heterocycles. The number of hydrogen-bond donors (Lipinski definition) is 7. The van der Waals surface area contributed by atoms with Crippen LogP contribution in [0.15, 0.2) is 0 Å². The molecule has 9 N–H and O–H groups in total. The smallest absolute Gasteiger partial charge is 0.328 e. The minimum Gasteiger partial charge on any atom is -0.481 e. The molecule has 0 bridgehead atoms. The highest BCUT2D eigenvalue weighted by Crippen LogP contribution is 2.20. The molecule has 5 unspecified atom stereocenters. The van der Waals surface area contributed by atoms with Gasteiger partial charge in [-0.1, -0.05) is 0 Å². The Morgan fingerprint density at radius 1 is 1.10 bits per heavy atom. The SMILES string of the molecule is CC(O)C(NC(=O)C1CCCN1C(=O)C(CC(N)=O)NC(=O)C(N)CC(=O)O)C(=O)O. The van der Waals surface area contributed by atoms with E-state index in [4.69, 9.17) is 21.7 Å². The monoisotopic (exact) mass is 445 g/mol. The van der Waals surface area contributed by atoms with Gasteiger partial charge in [-0.05, 0) is 19.8 Å². The molecule has 1 aliphatic heterocycles. The number of carbonyl (C=O) groups is 6. The lowest BCUT2D eigenvalue weighted by atomic mass is 10.1. The van der Waals surface area contributed by atoms with Crippen molar-refractivity contribution in [2.45, 2.75) is 62.9 Å². The second kappa shape index (κ2) is 11.2. The number of nitrogens with one attached hydrogen (secondary N) is 2. The number of carbonyl (C=O) groups excluding carboxylic acids is 4. The first-order valence-electron chi connectivity index (χ1n) is 9.42. The molecular formula is C17H27N5O9. The molecule has 0 aromatic heterocycles. The highest BCUT2D eigenvalue weighted by atomic mass is 16.4. The van der Waals surface area contributed by atoms with Gasteiger partial charge in [-0.25, -0.2) is 4.79 Å². The van der Waals surface area contributed by atoms with Crippen LogP contribution < -0.4 is 22.1 Å². The predicted molar refractivity (Wildman–Crippen MR) is 102 cm³/mol. The van der Waals surface area contributed by atoms with Gasteiger partial charge in [0.25, 0.3) is 0 Å². The van der Waals surface area contributed by atoms with Crippen LogP contribution in [0.25, 0.3) is 0 Å². The number of carboxylic acids is 2. The zero-order valence-electron chi connectivity index (χ0n) is 16.8. The highest BCUT2D eigenvalue weighted by Gasteiger charge is 2.40. The first kappa shape index (κ1) is 25.8. The minimum atomic E-state index is -1.60. The topological polar surface area (TPSA) is 242 Å². The molecule has 1 aliphatic rings. The third kappa shape index (κ3) is 7.49. The third-order valence-electron chi connectivity index (χ3n) is 4.64.